The minimum Gasteiger partial charge on any atom is -0.350 e. The van der Waals surface area contributed by atoms with E-state index in [1.807, 2.05) is 0 Å². The predicted molar refractivity (Wildman–Crippen MR) is 113 cm³/mol. The van der Waals surface area contributed by atoms with E-state index in [1.165, 1.54) is 16.8 Å². The van der Waals surface area contributed by atoms with Crippen LogP contribution in [0, 0.1) is 6.92 Å². The number of aromatic nitrogens is 4. The van der Waals surface area contributed by atoms with Crippen LogP contribution in [0.5, 0.6) is 0 Å². The SMILES string of the molecule is Cc1nc(NCc2cnn(Cc3ccccc3C(F)(F)F)c2)nc2c1NC(=O)[C@H](C)N2C. The summed E-state index contributed by atoms with van der Waals surface area (Å²) in [5.41, 5.74) is 1.46. The molecule has 1 amide bonds. The van der Waals surface area contributed by atoms with E-state index < -0.39 is 11.7 Å². The molecule has 0 fully saturated rings. The Hall–Kier alpha value is -3.63. The molecule has 3 aromatic rings. The quantitative estimate of drug-likeness (QED) is 0.626. The summed E-state index contributed by atoms with van der Waals surface area (Å²) < 4.78 is 41.1. The minimum absolute atomic E-state index is 0.00647. The average molecular weight is 445 g/mol. The minimum atomic E-state index is -4.42. The summed E-state index contributed by atoms with van der Waals surface area (Å²) in [5.74, 6) is 0.880. The van der Waals surface area contributed by atoms with Gasteiger partial charge in [0.05, 0.1) is 24.0 Å². The van der Waals surface area contributed by atoms with E-state index in [1.54, 1.807) is 44.3 Å². The number of aryl methyl sites for hydroxylation is 1. The Morgan fingerprint density at radius 1 is 1.22 bits per heavy atom. The molecule has 0 saturated carbocycles. The second-order valence-electron chi connectivity index (χ2n) is 7.66. The zero-order valence-electron chi connectivity index (χ0n) is 17.7. The number of fused-ring (bicyclic) bond motifs is 1. The van der Waals surface area contributed by atoms with Crippen molar-refractivity contribution in [3.63, 3.8) is 0 Å². The van der Waals surface area contributed by atoms with Gasteiger partial charge in [-0.05, 0) is 25.5 Å². The van der Waals surface area contributed by atoms with Gasteiger partial charge in [0.2, 0.25) is 11.9 Å². The van der Waals surface area contributed by atoms with E-state index in [-0.39, 0.29) is 24.1 Å². The first-order valence-corrected chi connectivity index (χ1v) is 9.96. The second-order valence-corrected chi connectivity index (χ2v) is 7.66. The highest BCUT2D eigenvalue weighted by Crippen LogP contribution is 2.33. The predicted octanol–water partition coefficient (Wildman–Crippen LogP) is 3.44. The molecule has 8 nitrogen and oxygen atoms in total. The highest BCUT2D eigenvalue weighted by Gasteiger charge is 2.33. The van der Waals surface area contributed by atoms with Gasteiger partial charge in [0.1, 0.15) is 11.7 Å². The maximum absolute atomic E-state index is 13.2. The summed E-state index contributed by atoms with van der Waals surface area (Å²) in [6.45, 7) is 3.91. The van der Waals surface area contributed by atoms with Crippen molar-refractivity contribution < 1.29 is 18.0 Å². The number of hydrogen-bond donors (Lipinski definition) is 2. The molecule has 2 aromatic heterocycles. The van der Waals surface area contributed by atoms with Crippen molar-refractivity contribution in [1.82, 2.24) is 19.7 Å². The van der Waals surface area contributed by atoms with E-state index in [9.17, 15) is 18.0 Å². The van der Waals surface area contributed by atoms with E-state index in [0.29, 0.717) is 29.7 Å². The molecular formula is C21H22F3N7O. The lowest BCUT2D eigenvalue weighted by molar-refractivity contribution is -0.138. The van der Waals surface area contributed by atoms with Crippen LogP contribution >= 0.6 is 0 Å². The number of nitrogens with zero attached hydrogens (tertiary/aromatic N) is 5. The third kappa shape index (κ3) is 4.23. The van der Waals surface area contributed by atoms with Crippen LogP contribution in [0.4, 0.5) is 30.6 Å². The Morgan fingerprint density at radius 2 is 1.97 bits per heavy atom. The monoisotopic (exact) mass is 445 g/mol. The van der Waals surface area contributed by atoms with Gasteiger partial charge in [-0.1, -0.05) is 18.2 Å². The van der Waals surface area contributed by atoms with Crippen molar-refractivity contribution in [1.29, 1.82) is 0 Å². The molecule has 32 heavy (non-hydrogen) atoms. The van der Waals surface area contributed by atoms with Crippen molar-refractivity contribution >= 4 is 23.4 Å². The maximum Gasteiger partial charge on any atom is 0.416 e. The fourth-order valence-electron chi connectivity index (χ4n) is 3.50. The molecular weight excluding hydrogens is 423 g/mol. The molecule has 0 unspecified atom stereocenters. The van der Waals surface area contributed by atoms with Crippen LogP contribution in [0.15, 0.2) is 36.7 Å². The Bertz CT molecular complexity index is 1160. The van der Waals surface area contributed by atoms with Crippen molar-refractivity contribution in [2.24, 2.45) is 0 Å². The van der Waals surface area contributed by atoms with Gasteiger partial charge in [-0.2, -0.15) is 23.3 Å². The lowest BCUT2D eigenvalue weighted by atomic mass is 10.1. The van der Waals surface area contributed by atoms with Gasteiger partial charge in [0.25, 0.3) is 0 Å². The van der Waals surface area contributed by atoms with Crippen LogP contribution in [-0.2, 0) is 24.1 Å². The number of anilines is 3. The number of alkyl halides is 3. The van der Waals surface area contributed by atoms with Gasteiger partial charge in [-0.3, -0.25) is 9.48 Å². The number of nitrogens with one attached hydrogen (secondary N) is 2. The third-order valence-corrected chi connectivity index (χ3v) is 5.41. The van der Waals surface area contributed by atoms with E-state index in [2.05, 4.69) is 25.7 Å². The first kappa shape index (κ1) is 21.6. The molecule has 0 aliphatic carbocycles. The van der Waals surface area contributed by atoms with Crippen molar-refractivity contribution in [2.45, 2.75) is 39.2 Å². The zero-order valence-corrected chi connectivity index (χ0v) is 17.7. The van der Waals surface area contributed by atoms with E-state index in [4.69, 9.17) is 0 Å². The molecule has 168 valence electrons. The molecule has 2 N–H and O–H groups in total. The fraction of sp³-hybridized carbons (Fsp3) is 0.333. The van der Waals surface area contributed by atoms with Crippen LogP contribution in [0.3, 0.4) is 0 Å². The number of halogens is 3. The number of rotatable bonds is 5. The molecule has 1 aromatic carbocycles. The number of amides is 1. The molecule has 1 aliphatic rings. The number of benzene rings is 1. The van der Waals surface area contributed by atoms with Gasteiger partial charge in [0, 0.05) is 25.4 Å². The van der Waals surface area contributed by atoms with Gasteiger partial charge < -0.3 is 15.5 Å². The Morgan fingerprint density at radius 3 is 2.72 bits per heavy atom. The Kier molecular flexibility index (Phi) is 5.49. The van der Waals surface area contributed by atoms with Crippen molar-refractivity contribution in [3.8, 4) is 0 Å². The summed E-state index contributed by atoms with van der Waals surface area (Å²) >= 11 is 0. The lowest BCUT2D eigenvalue weighted by Gasteiger charge is -2.32. The van der Waals surface area contributed by atoms with Crippen molar-refractivity contribution in [3.05, 3.63) is 59.0 Å². The Balaban J connectivity index is 1.47. The number of carbonyl (C=O) groups excluding carboxylic acids is 1. The average Bonchev–Trinajstić information content (AvgIpc) is 3.18. The molecule has 1 aliphatic heterocycles. The van der Waals surface area contributed by atoms with Crippen LogP contribution in [0.1, 0.15) is 29.3 Å². The fourth-order valence-corrected chi connectivity index (χ4v) is 3.50. The summed E-state index contributed by atoms with van der Waals surface area (Å²) in [5, 5.41) is 10.1. The first-order chi connectivity index (χ1) is 15.1. The van der Waals surface area contributed by atoms with Crippen LogP contribution in [0.2, 0.25) is 0 Å². The second kappa shape index (κ2) is 8.13. The van der Waals surface area contributed by atoms with Gasteiger partial charge in [-0.15, -0.1) is 0 Å². The smallest absolute Gasteiger partial charge is 0.350 e. The van der Waals surface area contributed by atoms with Crippen LogP contribution < -0.4 is 15.5 Å². The summed E-state index contributed by atoms with van der Waals surface area (Å²) in [7, 11) is 1.79. The third-order valence-electron chi connectivity index (χ3n) is 5.41. The van der Waals surface area contributed by atoms with E-state index in [0.717, 1.165) is 11.6 Å². The highest BCUT2D eigenvalue weighted by atomic mass is 19.4. The molecule has 3 heterocycles. The maximum atomic E-state index is 13.2. The van der Waals surface area contributed by atoms with E-state index >= 15 is 0 Å². The van der Waals surface area contributed by atoms with Gasteiger partial charge >= 0.3 is 6.18 Å². The van der Waals surface area contributed by atoms with Gasteiger partial charge in [0.15, 0.2) is 5.82 Å². The Labute approximate surface area is 182 Å². The summed E-state index contributed by atoms with van der Waals surface area (Å²) in [6, 6.07) is 5.10. The number of hydrogen-bond acceptors (Lipinski definition) is 6. The lowest BCUT2D eigenvalue weighted by Crippen LogP contribution is -2.44. The molecule has 11 heteroatoms. The van der Waals surface area contributed by atoms with Gasteiger partial charge in [-0.25, -0.2) is 4.98 Å². The number of carbonyl (C=O) groups is 1. The first-order valence-electron chi connectivity index (χ1n) is 9.96. The van der Waals surface area contributed by atoms with Crippen LogP contribution in [0.25, 0.3) is 0 Å². The topological polar surface area (TPSA) is 88.0 Å². The molecule has 0 bridgehead atoms. The normalized spacial score (nSPS) is 16.0. The van der Waals surface area contributed by atoms with Crippen LogP contribution in [-0.4, -0.2) is 38.7 Å². The molecule has 0 spiro atoms. The molecule has 0 radical (unpaired) electrons. The molecule has 1 atom stereocenters. The van der Waals surface area contributed by atoms with Crippen molar-refractivity contribution in [2.75, 3.05) is 22.6 Å². The summed E-state index contributed by atoms with van der Waals surface area (Å²) in [4.78, 5) is 22.7. The molecule has 4 rings (SSSR count). The highest BCUT2D eigenvalue weighted by molar-refractivity contribution is 6.03. The summed E-state index contributed by atoms with van der Waals surface area (Å²) in [6.07, 6.45) is -1.15. The zero-order chi connectivity index (χ0) is 23.0. The number of likely N-dealkylation sites (N-methyl/N-ethyl adjacent to an activating group) is 1. The molecule has 0 saturated heterocycles. The largest absolute Gasteiger partial charge is 0.416 e. The standard InChI is InChI=1S/C21H22F3N7O/c1-12-17-18(30(3)13(2)19(32)28-17)29-20(27-12)25-8-14-9-26-31(10-14)11-15-6-4-5-7-16(15)21(22,23)24/h4-7,9-10,13H,8,11H2,1-3H3,(H,28,32)(H,25,27,29)/t13-/m0/s1.